The highest BCUT2D eigenvalue weighted by Gasteiger charge is 2.26. The van der Waals surface area contributed by atoms with Gasteiger partial charge in [0, 0.05) is 16.7 Å². The largest absolute Gasteiger partial charge is 0.385 e. The van der Waals surface area contributed by atoms with Crippen LogP contribution in [0.2, 0.25) is 5.02 Å². The Morgan fingerprint density at radius 2 is 2.10 bits per heavy atom. The summed E-state index contributed by atoms with van der Waals surface area (Å²) in [6, 6.07) is 13.3. The molecule has 108 valence electrons. The number of halogens is 2. The van der Waals surface area contributed by atoms with E-state index in [1.165, 1.54) is 0 Å². The molecule has 2 aromatic rings. The van der Waals surface area contributed by atoms with Gasteiger partial charge in [-0.1, -0.05) is 45.7 Å². The summed E-state index contributed by atoms with van der Waals surface area (Å²) < 4.78 is 0.882. The summed E-state index contributed by atoms with van der Waals surface area (Å²) in [5, 5.41) is 6.79. The SMILES string of the molecule is O=C(Nc1cc(Br)ccc1Cl)C1CCNc2ccccc21. The van der Waals surface area contributed by atoms with E-state index in [1.54, 1.807) is 6.07 Å². The van der Waals surface area contributed by atoms with E-state index in [4.69, 9.17) is 11.6 Å². The van der Waals surface area contributed by atoms with Crippen molar-refractivity contribution in [1.82, 2.24) is 0 Å². The van der Waals surface area contributed by atoms with Crippen LogP contribution in [-0.4, -0.2) is 12.5 Å². The van der Waals surface area contributed by atoms with Gasteiger partial charge in [-0.2, -0.15) is 0 Å². The summed E-state index contributed by atoms with van der Waals surface area (Å²) in [6.07, 6.45) is 0.772. The molecule has 1 heterocycles. The van der Waals surface area contributed by atoms with Gasteiger partial charge in [-0.15, -0.1) is 0 Å². The van der Waals surface area contributed by atoms with E-state index in [0.717, 1.165) is 28.7 Å². The second-order valence-electron chi connectivity index (χ2n) is 4.97. The van der Waals surface area contributed by atoms with Crippen LogP contribution in [0.5, 0.6) is 0 Å². The number of rotatable bonds is 2. The number of para-hydroxylation sites is 1. The topological polar surface area (TPSA) is 41.1 Å². The Labute approximate surface area is 136 Å². The molecule has 0 spiro atoms. The monoisotopic (exact) mass is 364 g/mol. The third-order valence-corrected chi connectivity index (χ3v) is 4.41. The first-order valence-corrected chi connectivity index (χ1v) is 7.91. The lowest BCUT2D eigenvalue weighted by atomic mass is 9.90. The first kappa shape index (κ1) is 14.4. The summed E-state index contributed by atoms with van der Waals surface area (Å²) >= 11 is 9.52. The van der Waals surface area contributed by atoms with Crippen molar-refractivity contribution in [2.75, 3.05) is 17.2 Å². The zero-order valence-electron chi connectivity index (χ0n) is 11.2. The maximum atomic E-state index is 12.6. The molecular weight excluding hydrogens is 352 g/mol. The molecule has 2 N–H and O–H groups in total. The van der Waals surface area contributed by atoms with Crippen molar-refractivity contribution < 1.29 is 4.79 Å². The average molecular weight is 366 g/mol. The Morgan fingerprint density at radius 3 is 2.95 bits per heavy atom. The molecule has 3 nitrogen and oxygen atoms in total. The van der Waals surface area contributed by atoms with E-state index < -0.39 is 0 Å². The minimum atomic E-state index is -0.155. The fourth-order valence-corrected chi connectivity index (χ4v) is 3.08. The second-order valence-corrected chi connectivity index (χ2v) is 6.29. The van der Waals surface area contributed by atoms with Crippen molar-refractivity contribution in [2.45, 2.75) is 12.3 Å². The van der Waals surface area contributed by atoms with Crippen LogP contribution < -0.4 is 10.6 Å². The Bertz CT molecular complexity index is 690. The molecule has 5 heteroatoms. The smallest absolute Gasteiger partial charge is 0.232 e. The molecule has 1 unspecified atom stereocenters. The molecule has 21 heavy (non-hydrogen) atoms. The quantitative estimate of drug-likeness (QED) is 0.814. The zero-order valence-corrected chi connectivity index (χ0v) is 13.5. The number of hydrogen-bond acceptors (Lipinski definition) is 2. The standard InChI is InChI=1S/C16H14BrClN2O/c17-10-5-6-13(18)15(9-10)20-16(21)12-7-8-19-14-4-2-1-3-11(12)14/h1-6,9,12,19H,7-8H2,(H,20,21). The summed E-state index contributed by atoms with van der Waals surface area (Å²) in [6.45, 7) is 0.793. The first-order chi connectivity index (χ1) is 10.1. The van der Waals surface area contributed by atoms with Gasteiger partial charge in [0.05, 0.1) is 16.6 Å². The highest BCUT2D eigenvalue weighted by molar-refractivity contribution is 9.10. The molecule has 1 aliphatic heterocycles. The number of carbonyl (C=O) groups is 1. The van der Waals surface area contributed by atoms with E-state index >= 15 is 0 Å². The lowest BCUT2D eigenvalue weighted by Crippen LogP contribution is -2.27. The Morgan fingerprint density at radius 1 is 1.29 bits per heavy atom. The van der Waals surface area contributed by atoms with Gasteiger partial charge >= 0.3 is 0 Å². The number of nitrogens with one attached hydrogen (secondary N) is 2. The molecule has 3 rings (SSSR count). The predicted octanol–water partition coefficient (Wildman–Crippen LogP) is 4.64. The van der Waals surface area contributed by atoms with E-state index in [9.17, 15) is 4.79 Å². The van der Waals surface area contributed by atoms with Crippen LogP contribution in [0.25, 0.3) is 0 Å². The van der Waals surface area contributed by atoms with Crippen LogP contribution in [0.15, 0.2) is 46.9 Å². The number of hydrogen-bond donors (Lipinski definition) is 2. The van der Waals surface area contributed by atoms with E-state index in [-0.39, 0.29) is 11.8 Å². The van der Waals surface area contributed by atoms with Gasteiger partial charge in [-0.3, -0.25) is 4.79 Å². The number of fused-ring (bicyclic) bond motifs is 1. The number of benzene rings is 2. The lowest BCUT2D eigenvalue weighted by molar-refractivity contribution is -0.117. The van der Waals surface area contributed by atoms with Gasteiger partial charge in [0.1, 0.15) is 0 Å². The Balaban J connectivity index is 1.85. The van der Waals surface area contributed by atoms with Crippen LogP contribution in [-0.2, 0) is 4.79 Å². The maximum absolute atomic E-state index is 12.6. The maximum Gasteiger partial charge on any atom is 0.232 e. The summed E-state index contributed by atoms with van der Waals surface area (Å²) in [7, 11) is 0. The molecule has 0 fully saturated rings. The van der Waals surface area contributed by atoms with E-state index in [2.05, 4.69) is 26.6 Å². The van der Waals surface area contributed by atoms with Crippen molar-refractivity contribution in [1.29, 1.82) is 0 Å². The Hall–Kier alpha value is -1.52. The van der Waals surface area contributed by atoms with Gasteiger partial charge in [-0.05, 0) is 36.2 Å². The highest BCUT2D eigenvalue weighted by atomic mass is 79.9. The van der Waals surface area contributed by atoms with E-state index in [0.29, 0.717) is 10.7 Å². The average Bonchev–Trinajstić information content (AvgIpc) is 2.50. The third-order valence-electron chi connectivity index (χ3n) is 3.59. The third kappa shape index (κ3) is 3.06. The fraction of sp³-hybridized carbons (Fsp3) is 0.188. The van der Waals surface area contributed by atoms with Gasteiger partial charge in [0.25, 0.3) is 0 Å². The van der Waals surface area contributed by atoms with Crippen LogP contribution in [0, 0.1) is 0 Å². The molecule has 0 saturated carbocycles. The van der Waals surface area contributed by atoms with Gasteiger partial charge in [-0.25, -0.2) is 0 Å². The van der Waals surface area contributed by atoms with Crippen molar-refractivity contribution in [2.24, 2.45) is 0 Å². The van der Waals surface area contributed by atoms with Crippen LogP contribution in [0.3, 0.4) is 0 Å². The van der Waals surface area contributed by atoms with Crippen molar-refractivity contribution in [3.63, 3.8) is 0 Å². The van der Waals surface area contributed by atoms with E-state index in [1.807, 2.05) is 36.4 Å². The van der Waals surface area contributed by atoms with Crippen LogP contribution >= 0.6 is 27.5 Å². The molecular formula is C16H14BrClN2O. The number of anilines is 2. The van der Waals surface area contributed by atoms with Crippen molar-refractivity contribution in [3.05, 3.63) is 57.5 Å². The normalized spacial score (nSPS) is 16.8. The molecule has 0 aromatic heterocycles. The highest BCUT2D eigenvalue weighted by Crippen LogP contribution is 2.33. The molecule has 0 radical (unpaired) electrons. The molecule has 1 amide bonds. The summed E-state index contributed by atoms with van der Waals surface area (Å²) in [4.78, 5) is 12.6. The van der Waals surface area contributed by atoms with Crippen molar-refractivity contribution >= 4 is 44.8 Å². The van der Waals surface area contributed by atoms with Crippen LogP contribution in [0.4, 0.5) is 11.4 Å². The molecule has 0 bridgehead atoms. The minimum absolute atomic E-state index is 0.0241. The fourth-order valence-electron chi connectivity index (χ4n) is 2.55. The van der Waals surface area contributed by atoms with Crippen LogP contribution in [0.1, 0.15) is 17.9 Å². The lowest BCUT2D eigenvalue weighted by Gasteiger charge is -2.26. The predicted molar refractivity (Wildman–Crippen MR) is 90.1 cm³/mol. The Kier molecular flexibility index (Phi) is 4.17. The molecule has 0 aliphatic carbocycles. The van der Waals surface area contributed by atoms with Gasteiger partial charge < -0.3 is 10.6 Å². The number of carbonyl (C=O) groups excluding carboxylic acids is 1. The van der Waals surface area contributed by atoms with Gasteiger partial charge in [0.2, 0.25) is 5.91 Å². The molecule has 2 aromatic carbocycles. The van der Waals surface area contributed by atoms with Gasteiger partial charge in [0.15, 0.2) is 0 Å². The summed E-state index contributed by atoms with van der Waals surface area (Å²) in [5.74, 6) is -0.179. The summed E-state index contributed by atoms with van der Waals surface area (Å²) in [5.41, 5.74) is 2.70. The molecule has 0 saturated heterocycles. The molecule has 1 aliphatic rings. The second kappa shape index (κ2) is 6.08. The zero-order chi connectivity index (χ0) is 14.8. The number of amides is 1. The minimum Gasteiger partial charge on any atom is -0.385 e. The first-order valence-electron chi connectivity index (χ1n) is 6.74. The molecule has 1 atom stereocenters. The van der Waals surface area contributed by atoms with Crippen molar-refractivity contribution in [3.8, 4) is 0 Å².